The minimum atomic E-state index is -0.213. The van der Waals surface area contributed by atoms with E-state index in [1.54, 1.807) is 14.2 Å². The molecule has 4 rings (SSSR count). The summed E-state index contributed by atoms with van der Waals surface area (Å²) in [7, 11) is 3.17. The number of ether oxygens (including phenoxy) is 2. The molecule has 0 aliphatic carbocycles. The van der Waals surface area contributed by atoms with Gasteiger partial charge in [0, 0.05) is 24.1 Å². The number of hydrazone groups is 1. The second-order valence-corrected chi connectivity index (χ2v) is 9.03. The Morgan fingerprint density at radius 1 is 1.09 bits per heavy atom. The molecule has 1 N–H and O–H groups in total. The average molecular weight is 479 g/mol. The van der Waals surface area contributed by atoms with Crippen LogP contribution in [0.2, 0.25) is 0 Å². The normalized spacial score (nSPS) is 13.5. The molecule has 2 heterocycles. The maximum Gasteiger partial charge on any atom is 0.267 e. The van der Waals surface area contributed by atoms with Crippen LogP contribution in [0.1, 0.15) is 44.3 Å². The van der Waals surface area contributed by atoms with E-state index in [0.29, 0.717) is 40.6 Å². The number of thiazole rings is 1. The van der Waals surface area contributed by atoms with Crippen molar-refractivity contribution in [2.45, 2.75) is 33.2 Å². The van der Waals surface area contributed by atoms with Gasteiger partial charge in [-0.3, -0.25) is 9.59 Å². The monoisotopic (exact) mass is 478 g/mol. The standard InChI is InChI=1S/C25H26N4O4S/c1-15-24(34-16(2)26-15)25(31)27-19-8-6-5-7-18(19)14-29-23(30)12-10-20(28-29)17-9-11-21(32-3)22(13-17)33-4/h5-9,11,13H,10,12,14H2,1-4H3,(H,27,31). The third-order valence-electron chi connectivity index (χ3n) is 5.52. The molecule has 0 spiro atoms. The first-order valence-corrected chi connectivity index (χ1v) is 11.6. The van der Waals surface area contributed by atoms with Crippen molar-refractivity contribution < 1.29 is 19.1 Å². The lowest BCUT2D eigenvalue weighted by Gasteiger charge is -2.25. The fourth-order valence-corrected chi connectivity index (χ4v) is 4.62. The number of methoxy groups -OCH3 is 2. The van der Waals surface area contributed by atoms with E-state index in [-0.39, 0.29) is 18.4 Å². The highest BCUT2D eigenvalue weighted by atomic mass is 32.1. The first kappa shape index (κ1) is 23.4. The number of aryl methyl sites for hydroxylation is 2. The number of anilines is 1. The number of amides is 2. The fourth-order valence-electron chi connectivity index (χ4n) is 3.81. The Bertz CT molecular complexity index is 1270. The van der Waals surface area contributed by atoms with Gasteiger partial charge in [0.25, 0.3) is 5.91 Å². The predicted molar refractivity (Wildman–Crippen MR) is 132 cm³/mol. The quantitative estimate of drug-likeness (QED) is 0.538. The summed E-state index contributed by atoms with van der Waals surface area (Å²) in [6, 6.07) is 13.0. The maximum atomic E-state index is 12.8. The molecule has 2 amide bonds. The predicted octanol–water partition coefficient (Wildman–Crippen LogP) is 4.56. The van der Waals surface area contributed by atoms with E-state index < -0.39 is 0 Å². The van der Waals surface area contributed by atoms with Crippen molar-refractivity contribution >= 4 is 34.6 Å². The Morgan fingerprint density at radius 2 is 1.85 bits per heavy atom. The SMILES string of the molecule is COc1ccc(C2=NN(Cc3ccccc3NC(=O)c3sc(C)nc3C)C(=O)CC2)cc1OC. The molecule has 176 valence electrons. The van der Waals surface area contributed by atoms with Gasteiger partial charge in [-0.2, -0.15) is 5.10 Å². The van der Waals surface area contributed by atoms with Crippen molar-refractivity contribution in [1.29, 1.82) is 0 Å². The van der Waals surface area contributed by atoms with Crippen LogP contribution in [0.3, 0.4) is 0 Å². The summed E-state index contributed by atoms with van der Waals surface area (Å²) < 4.78 is 10.7. The highest BCUT2D eigenvalue weighted by Crippen LogP contribution is 2.30. The van der Waals surface area contributed by atoms with Gasteiger partial charge in [-0.25, -0.2) is 9.99 Å². The number of benzene rings is 2. The molecule has 34 heavy (non-hydrogen) atoms. The van der Waals surface area contributed by atoms with Crippen molar-refractivity contribution in [3.05, 3.63) is 69.2 Å². The molecule has 0 radical (unpaired) electrons. The molecule has 2 aromatic carbocycles. The summed E-state index contributed by atoms with van der Waals surface area (Å²) in [6.45, 7) is 3.94. The van der Waals surface area contributed by atoms with Gasteiger partial charge < -0.3 is 14.8 Å². The zero-order chi connectivity index (χ0) is 24.2. The number of hydrogen-bond acceptors (Lipinski definition) is 7. The van der Waals surface area contributed by atoms with E-state index in [9.17, 15) is 9.59 Å². The van der Waals surface area contributed by atoms with Gasteiger partial charge >= 0.3 is 0 Å². The third kappa shape index (κ3) is 4.94. The summed E-state index contributed by atoms with van der Waals surface area (Å²) in [5.41, 5.74) is 3.79. The number of rotatable bonds is 7. The van der Waals surface area contributed by atoms with Crippen molar-refractivity contribution in [3.8, 4) is 11.5 Å². The van der Waals surface area contributed by atoms with Crippen LogP contribution in [-0.2, 0) is 11.3 Å². The summed E-state index contributed by atoms with van der Waals surface area (Å²) >= 11 is 1.36. The molecular formula is C25H26N4O4S. The van der Waals surface area contributed by atoms with Crippen molar-refractivity contribution in [3.63, 3.8) is 0 Å². The van der Waals surface area contributed by atoms with Gasteiger partial charge in [-0.1, -0.05) is 18.2 Å². The second kappa shape index (κ2) is 10.0. The first-order valence-electron chi connectivity index (χ1n) is 10.8. The third-order valence-corrected chi connectivity index (χ3v) is 6.59. The van der Waals surface area contributed by atoms with Gasteiger partial charge in [-0.05, 0) is 43.7 Å². The smallest absolute Gasteiger partial charge is 0.267 e. The van der Waals surface area contributed by atoms with E-state index in [1.807, 2.05) is 56.3 Å². The van der Waals surface area contributed by atoms with E-state index in [1.165, 1.54) is 16.3 Å². The van der Waals surface area contributed by atoms with Crippen molar-refractivity contribution in [2.24, 2.45) is 5.10 Å². The molecule has 0 fully saturated rings. The number of hydrogen-bond donors (Lipinski definition) is 1. The van der Waals surface area contributed by atoms with Crippen molar-refractivity contribution in [1.82, 2.24) is 9.99 Å². The van der Waals surface area contributed by atoms with Crippen LogP contribution in [0, 0.1) is 13.8 Å². The van der Waals surface area contributed by atoms with Crippen LogP contribution in [0.5, 0.6) is 11.5 Å². The first-order chi connectivity index (χ1) is 16.4. The lowest BCUT2D eigenvalue weighted by Crippen LogP contribution is -2.32. The van der Waals surface area contributed by atoms with Gasteiger partial charge in [-0.15, -0.1) is 11.3 Å². The number of para-hydroxylation sites is 1. The van der Waals surface area contributed by atoms with Gasteiger partial charge in [0.2, 0.25) is 5.91 Å². The molecule has 9 heteroatoms. The summed E-state index contributed by atoms with van der Waals surface area (Å²) in [4.78, 5) is 30.4. The Balaban J connectivity index is 1.58. The van der Waals surface area contributed by atoms with Crippen LogP contribution in [0.4, 0.5) is 5.69 Å². The highest BCUT2D eigenvalue weighted by Gasteiger charge is 2.24. The molecule has 0 unspecified atom stereocenters. The minimum absolute atomic E-state index is 0.0701. The Labute approximate surface area is 202 Å². The molecular weight excluding hydrogens is 452 g/mol. The molecule has 1 aliphatic rings. The zero-order valence-corrected chi connectivity index (χ0v) is 20.4. The number of nitrogens with one attached hydrogen (secondary N) is 1. The van der Waals surface area contributed by atoms with E-state index in [4.69, 9.17) is 9.47 Å². The summed E-state index contributed by atoms with van der Waals surface area (Å²) in [5.74, 6) is 0.953. The highest BCUT2D eigenvalue weighted by molar-refractivity contribution is 7.13. The minimum Gasteiger partial charge on any atom is -0.493 e. The van der Waals surface area contributed by atoms with Crippen LogP contribution in [0.25, 0.3) is 0 Å². The summed E-state index contributed by atoms with van der Waals surface area (Å²) in [6.07, 6.45) is 0.883. The molecule has 0 bridgehead atoms. The number of aromatic nitrogens is 1. The second-order valence-electron chi connectivity index (χ2n) is 7.83. The molecule has 3 aromatic rings. The van der Waals surface area contributed by atoms with Gasteiger partial charge in [0.1, 0.15) is 4.88 Å². The lowest BCUT2D eigenvalue weighted by molar-refractivity contribution is -0.132. The number of carbonyl (C=O) groups excluding carboxylic acids is 2. The van der Waals surface area contributed by atoms with Crippen LogP contribution < -0.4 is 14.8 Å². The Morgan fingerprint density at radius 3 is 2.56 bits per heavy atom. The maximum absolute atomic E-state index is 12.8. The van der Waals surface area contributed by atoms with Crippen molar-refractivity contribution in [2.75, 3.05) is 19.5 Å². The van der Waals surface area contributed by atoms with Gasteiger partial charge in [0.15, 0.2) is 11.5 Å². The zero-order valence-electron chi connectivity index (χ0n) is 19.5. The Hall–Kier alpha value is -3.72. The van der Waals surface area contributed by atoms with Crippen LogP contribution >= 0.6 is 11.3 Å². The van der Waals surface area contributed by atoms with Crippen LogP contribution in [-0.4, -0.2) is 41.7 Å². The molecule has 0 saturated carbocycles. The van der Waals surface area contributed by atoms with E-state index in [2.05, 4.69) is 15.4 Å². The molecule has 1 aromatic heterocycles. The average Bonchev–Trinajstić information content (AvgIpc) is 3.19. The van der Waals surface area contributed by atoms with Crippen LogP contribution in [0.15, 0.2) is 47.6 Å². The largest absolute Gasteiger partial charge is 0.493 e. The summed E-state index contributed by atoms with van der Waals surface area (Å²) in [5, 5.41) is 9.91. The molecule has 0 saturated heterocycles. The van der Waals surface area contributed by atoms with E-state index >= 15 is 0 Å². The van der Waals surface area contributed by atoms with E-state index in [0.717, 1.165) is 21.8 Å². The fraction of sp³-hybridized carbons (Fsp3) is 0.280. The number of nitrogens with zero attached hydrogens (tertiary/aromatic N) is 3. The Kier molecular flexibility index (Phi) is 6.93. The number of carbonyl (C=O) groups is 2. The lowest BCUT2D eigenvalue weighted by atomic mass is 10.0. The molecule has 8 nitrogen and oxygen atoms in total. The van der Waals surface area contributed by atoms with Gasteiger partial charge in [0.05, 0.1) is 37.2 Å². The topological polar surface area (TPSA) is 93.1 Å². The molecule has 1 aliphatic heterocycles. The molecule has 0 atom stereocenters.